The fourth-order valence-corrected chi connectivity index (χ4v) is 7.22. The van der Waals surface area contributed by atoms with Gasteiger partial charge in [0.15, 0.2) is 0 Å². The van der Waals surface area contributed by atoms with Crippen LogP contribution in [0.3, 0.4) is 0 Å². The van der Waals surface area contributed by atoms with Crippen LogP contribution in [-0.2, 0) is 9.59 Å². The average Bonchev–Trinajstić information content (AvgIpc) is 3.34. The number of aliphatic carboxylic acids is 1. The molecule has 0 fully saturated rings. The van der Waals surface area contributed by atoms with Crippen LogP contribution in [0.25, 0.3) is 0 Å². The summed E-state index contributed by atoms with van der Waals surface area (Å²) in [4.78, 5) is 22.0. The maximum Gasteiger partial charge on any atom is 0.328 e. The summed E-state index contributed by atoms with van der Waals surface area (Å²) in [6.45, 7) is 9.47. The second-order valence-electron chi connectivity index (χ2n) is 19.9. The molecule has 0 aromatic rings. The van der Waals surface area contributed by atoms with Crippen molar-refractivity contribution in [1.82, 2.24) is 0 Å². The quantitative estimate of drug-likeness (QED) is 0.0144. The lowest BCUT2D eigenvalue weighted by atomic mass is 9.88. The molecule has 0 aliphatic heterocycles. The summed E-state index contributed by atoms with van der Waals surface area (Å²) >= 11 is 0. The number of carbonyl (C=O) groups excluding carboxylic acids is 1. The molecule has 0 bridgehead atoms. The van der Waals surface area contributed by atoms with Gasteiger partial charge in [-0.1, -0.05) is 167 Å². The number of hydrogen-bond acceptors (Lipinski definition) is 15. The van der Waals surface area contributed by atoms with Crippen LogP contribution in [0.1, 0.15) is 125 Å². The van der Waals surface area contributed by atoms with E-state index in [4.69, 9.17) is 15.9 Å². The monoisotopic (exact) mass is 1090 g/mol. The van der Waals surface area contributed by atoms with Gasteiger partial charge in [0, 0.05) is 43.1 Å². The van der Waals surface area contributed by atoms with Gasteiger partial charge in [0.25, 0.3) is 0 Å². The molecule has 0 aromatic heterocycles. The molecule has 0 saturated heterocycles. The molecule has 0 rings (SSSR count). The number of ketones is 1. The highest BCUT2D eigenvalue weighted by atomic mass is 16.4. The fourth-order valence-electron chi connectivity index (χ4n) is 7.22. The lowest BCUT2D eigenvalue weighted by molar-refractivity contribution is -0.131. The van der Waals surface area contributed by atoms with Gasteiger partial charge in [0.1, 0.15) is 5.78 Å². The smallest absolute Gasteiger partial charge is 0.328 e. The SMILES string of the molecule is CC(C)C(=O)CC(O)CC(O)CC(O)/C=C/CC(O)CC(O)CC(O)CC(O)/C=C/CC(O)CC(O)CCCN.CC(O)C/C=C/C=C/C=C/C=C/C=C/C(O)C(C)C(O)C(C)/C=C/CC/C=C/C=C/C=C/C=C/C(=O)O. The Labute approximate surface area is 459 Å². The molecule has 16 nitrogen and oxygen atoms in total. The molecule has 0 amide bonds. The van der Waals surface area contributed by atoms with Gasteiger partial charge in [-0.15, -0.1) is 0 Å². The summed E-state index contributed by atoms with van der Waals surface area (Å²) in [6, 6.07) is 0. The molecule has 0 radical (unpaired) electrons. The molecule has 0 aliphatic rings. The van der Waals surface area contributed by atoms with E-state index in [1.165, 1.54) is 24.3 Å². The molecule has 0 aromatic carbocycles. The Morgan fingerprint density at radius 1 is 0.442 bits per heavy atom. The third-order valence-electron chi connectivity index (χ3n) is 11.7. The van der Waals surface area contributed by atoms with Crippen molar-refractivity contribution < 1.29 is 76.0 Å². The van der Waals surface area contributed by atoms with Crippen molar-refractivity contribution in [3.63, 3.8) is 0 Å². The van der Waals surface area contributed by atoms with Crippen LogP contribution in [0.4, 0.5) is 0 Å². The van der Waals surface area contributed by atoms with Gasteiger partial charge >= 0.3 is 5.97 Å². The minimum absolute atomic E-state index is 0.0270. The molecule has 0 heterocycles. The first-order valence-corrected chi connectivity index (χ1v) is 27.1. The van der Waals surface area contributed by atoms with Crippen molar-refractivity contribution >= 4 is 11.8 Å². The first-order valence-electron chi connectivity index (χ1n) is 27.1. The summed E-state index contributed by atoms with van der Waals surface area (Å²) < 4.78 is 0. The van der Waals surface area contributed by atoms with Crippen LogP contribution in [0, 0.1) is 17.8 Å². The van der Waals surface area contributed by atoms with E-state index in [1.807, 2.05) is 98.9 Å². The third kappa shape index (κ3) is 48.4. The van der Waals surface area contributed by atoms with Crippen molar-refractivity contribution in [2.45, 2.75) is 198 Å². The largest absolute Gasteiger partial charge is 0.478 e. The van der Waals surface area contributed by atoms with Crippen LogP contribution >= 0.6 is 0 Å². The predicted octanol–water partition coefficient (Wildman–Crippen LogP) is 6.00. The van der Waals surface area contributed by atoms with E-state index in [2.05, 4.69) is 0 Å². The number of unbranched alkanes of at least 4 members (excludes halogenated alkanes) is 1. The Kier molecular flexibility index (Phi) is 47.1. The van der Waals surface area contributed by atoms with Crippen LogP contribution < -0.4 is 5.73 Å². The Balaban J connectivity index is 0. The molecule has 0 saturated carbocycles. The van der Waals surface area contributed by atoms with E-state index in [9.17, 15) is 65.8 Å². The van der Waals surface area contributed by atoms with E-state index < -0.39 is 73.1 Å². The Morgan fingerprint density at radius 2 is 0.883 bits per heavy atom. The van der Waals surface area contributed by atoms with Gasteiger partial charge in [0.2, 0.25) is 0 Å². The maximum atomic E-state index is 11.7. The number of carbonyl (C=O) groups is 2. The van der Waals surface area contributed by atoms with Crippen molar-refractivity contribution in [3.8, 4) is 0 Å². The zero-order chi connectivity index (χ0) is 58.4. The van der Waals surface area contributed by atoms with Crippen molar-refractivity contribution in [3.05, 3.63) is 146 Å². The van der Waals surface area contributed by atoms with Gasteiger partial charge in [-0.05, 0) is 84.1 Å². The van der Waals surface area contributed by atoms with Crippen LogP contribution in [0.15, 0.2) is 146 Å². The number of allylic oxidation sites excluding steroid dienone is 16. The minimum Gasteiger partial charge on any atom is -0.478 e. The molecule has 77 heavy (non-hydrogen) atoms. The van der Waals surface area contributed by atoms with Crippen LogP contribution in [0.5, 0.6) is 0 Å². The number of aliphatic hydroxyl groups is 12. The van der Waals surface area contributed by atoms with Gasteiger partial charge < -0.3 is 72.1 Å². The molecular formula is C61H99NO15. The summed E-state index contributed by atoms with van der Waals surface area (Å²) in [6.07, 6.45) is 35.9. The molecule has 15 N–H and O–H groups in total. The molecule has 0 spiro atoms. The van der Waals surface area contributed by atoms with E-state index in [-0.39, 0.29) is 87.4 Å². The topological polar surface area (TPSA) is 323 Å². The fraction of sp³-hybridized carbons (Fsp3) is 0.574. The van der Waals surface area contributed by atoms with Crippen molar-refractivity contribution in [2.75, 3.05) is 6.54 Å². The molecule has 0 aliphatic carbocycles. The predicted molar refractivity (Wildman–Crippen MR) is 307 cm³/mol. The van der Waals surface area contributed by atoms with Gasteiger partial charge in [-0.2, -0.15) is 0 Å². The van der Waals surface area contributed by atoms with Gasteiger partial charge in [-0.25, -0.2) is 4.79 Å². The number of carboxylic acid groups (broad SMARTS) is 1. The molecule has 16 heteroatoms. The Bertz CT molecular complexity index is 1860. The van der Waals surface area contributed by atoms with Crippen LogP contribution in [-0.4, -0.2) is 158 Å². The number of Topliss-reactive ketones (excluding diaryl/α,β-unsaturated/α-hetero) is 1. The maximum absolute atomic E-state index is 11.7. The molecular weight excluding hydrogens is 987 g/mol. The number of hydrogen-bond donors (Lipinski definition) is 14. The highest BCUT2D eigenvalue weighted by molar-refractivity contribution is 5.80. The van der Waals surface area contributed by atoms with E-state index in [1.54, 1.807) is 51.2 Å². The standard InChI is InChI=1S/C32H44O5.C29H55NO10/c1-27(23-19-15-11-7-4-5-10-14-18-22-26-31(35)36)32(37)29(3)30(34)25-21-17-13-9-6-8-12-16-20-24-28(2)33;1-19(2)29(40)18-28(39)17-27(38)15-23(34)9-4-8-22(33)14-26(37)16-25(36)13-21(32)7-3-6-20(31)12-24(35)10-5-11-30/h4-10,12-14,16-23,25-30,32-34,37H,11,15,24H2,1-3H3,(H,35,36);3-4,7,9,19-28,31-39H,5-6,8,10-18,30H2,1-2H3/b7-4+,9-6+,10-5+,12-8+,17-13+,18-14+,20-16+,23-19+,25-21+,26-22+;7-3+,9-4+. The Morgan fingerprint density at radius 3 is 1.39 bits per heavy atom. The Hall–Kier alpha value is -4.50. The number of nitrogens with two attached hydrogens (primary N) is 1. The molecule has 14 atom stereocenters. The third-order valence-corrected chi connectivity index (χ3v) is 11.7. The molecule has 14 unspecified atom stereocenters. The van der Waals surface area contributed by atoms with Gasteiger partial charge in [0.05, 0.1) is 73.2 Å². The molecule has 438 valence electrons. The highest BCUT2D eigenvalue weighted by Gasteiger charge is 2.24. The summed E-state index contributed by atoms with van der Waals surface area (Å²) in [5.41, 5.74) is 5.39. The highest BCUT2D eigenvalue weighted by Crippen LogP contribution is 2.20. The second kappa shape index (κ2) is 48.6. The summed E-state index contributed by atoms with van der Waals surface area (Å²) in [7, 11) is 0. The number of aliphatic hydroxyl groups excluding tert-OH is 12. The van der Waals surface area contributed by atoms with Crippen molar-refractivity contribution in [2.24, 2.45) is 23.5 Å². The number of carboxylic acids is 1. The van der Waals surface area contributed by atoms with Crippen LogP contribution in [0.2, 0.25) is 0 Å². The summed E-state index contributed by atoms with van der Waals surface area (Å²) in [5, 5.41) is 129. The zero-order valence-corrected chi connectivity index (χ0v) is 46.3. The van der Waals surface area contributed by atoms with E-state index in [0.29, 0.717) is 25.8 Å². The lowest BCUT2D eigenvalue weighted by Gasteiger charge is -2.25. The summed E-state index contributed by atoms with van der Waals surface area (Å²) in [5.74, 6) is -1.66. The zero-order valence-electron chi connectivity index (χ0n) is 46.3. The first kappa shape index (κ1) is 74.6. The normalized spacial score (nSPS) is 18.7. The number of rotatable bonds is 42. The first-order chi connectivity index (χ1) is 36.5. The second-order valence-corrected chi connectivity index (χ2v) is 19.9. The minimum atomic E-state index is -1.02. The van der Waals surface area contributed by atoms with E-state index >= 15 is 0 Å². The van der Waals surface area contributed by atoms with E-state index in [0.717, 1.165) is 18.9 Å². The van der Waals surface area contributed by atoms with Crippen molar-refractivity contribution in [1.29, 1.82) is 0 Å². The van der Waals surface area contributed by atoms with Gasteiger partial charge in [-0.3, -0.25) is 4.79 Å². The average molecular weight is 1090 g/mol. The lowest BCUT2D eigenvalue weighted by Crippen LogP contribution is -2.32.